The van der Waals surface area contributed by atoms with E-state index in [0.717, 1.165) is 35.2 Å². The molecule has 0 aliphatic rings. The molecule has 1 aromatic carbocycles. The van der Waals surface area contributed by atoms with Gasteiger partial charge in [-0.3, -0.25) is 4.68 Å². The predicted octanol–water partition coefficient (Wildman–Crippen LogP) is 3.89. The second kappa shape index (κ2) is 6.99. The van der Waals surface area contributed by atoms with Gasteiger partial charge < -0.3 is 5.32 Å². The van der Waals surface area contributed by atoms with Gasteiger partial charge >= 0.3 is 0 Å². The molecule has 0 fully saturated rings. The number of halogens is 2. The molecule has 5 heteroatoms. The first-order valence-electron chi connectivity index (χ1n) is 6.87. The predicted molar refractivity (Wildman–Crippen MR) is 82.1 cm³/mol. The number of rotatable bonds is 6. The van der Waals surface area contributed by atoms with Crippen LogP contribution < -0.4 is 5.32 Å². The fourth-order valence-electron chi connectivity index (χ4n) is 2.25. The monoisotopic (exact) mass is 339 g/mol. The molecule has 1 N–H and O–H groups in total. The lowest BCUT2D eigenvalue weighted by atomic mass is 10.0. The van der Waals surface area contributed by atoms with Gasteiger partial charge in [-0.2, -0.15) is 5.10 Å². The molecular weight excluding hydrogens is 321 g/mol. The third-order valence-electron chi connectivity index (χ3n) is 3.22. The Bertz CT molecular complexity index is 568. The second-order valence-corrected chi connectivity index (χ2v) is 5.48. The van der Waals surface area contributed by atoms with Crippen LogP contribution in [0.1, 0.15) is 37.6 Å². The SMILES string of the molecule is CCCNC(c1ccc(F)cc1Br)c1ccnn1CC. The summed E-state index contributed by atoms with van der Waals surface area (Å²) in [5.41, 5.74) is 2.11. The van der Waals surface area contributed by atoms with Gasteiger partial charge in [0.2, 0.25) is 0 Å². The number of aromatic nitrogens is 2. The van der Waals surface area contributed by atoms with Crippen molar-refractivity contribution in [2.75, 3.05) is 6.54 Å². The summed E-state index contributed by atoms with van der Waals surface area (Å²) in [5.74, 6) is -0.237. The summed E-state index contributed by atoms with van der Waals surface area (Å²) in [7, 11) is 0. The summed E-state index contributed by atoms with van der Waals surface area (Å²) < 4.78 is 16.0. The zero-order valence-electron chi connectivity index (χ0n) is 11.7. The molecule has 1 unspecified atom stereocenters. The lowest BCUT2D eigenvalue weighted by Crippen LogP contribution is -2.26. The van der Waals surface area contributed by atoms with Crippen molar-refractivity contribution < 1.29 is 4.39 Å². The third-order valence-corrected chi connectivity index (χ3v) is 3.90. The van der Waals surface area contributed by atoms with Crippen molar-refractivity contribution in [2.24, 2.45) is 0 Å². The van der Waals surface area contributed by atoms with Crippen molar-refractivity contribution in [3.05, 3.63) is 52.0 Å². The van der Waals surface area contributed by atoms with E-state index >= 15 is 0 Å². The molecule has 0 saturated heterocycles. The van der Waals surface area contributed by atoms with E-state index < -0.39 is 0 Å². The molecule has 108 valence electrons. The van der Waals surface area contributed by atoms with Gasteiger partial charge in [-0.25, -0.2) is 4.39 Å². The molecule has 0 amide bonds. The second-order valence-electron chi connectivity index (χ2n) is 4.62. The maximum absolute atomic E-state index is 13.3. The summed E-state index contributed by atoms with van der Waals surface area (Å²) in [6, 6.07) is 6.83. The summed E-state index contributed by atoms with van der Waals surface area (Å²) in [5, 5.41) is 7.83. The Hall–Kier alpha value is -1.20. The Labute approximate surface area is 127 Å². The molecule has 20 heavy (non-hydrogen) atoms. The van der Waals surface area contributed by atoms with Gasteiger partial charge in [0.05, 0.1) is 11.7 Å². The molecule has 0 bridgehead atoms. The van der Waals surface area contributed by atoms with Gasteiger partial charge in [0.25, 0.3) is 0 Å². The summed E-state index contributed by atoms with van der Waals surface area (Å²) in [4.78, 5) is 0. The average Bonchev–Trinajstić information content (AvgIpc) is 2.89. The van der Waals surface area contributed by atoms with E-state index in [-0.39, 0.29) is 11.9 Å². The molecule has 0 aliphatic heterocycles. The lowest BCUT2D eigenvalue weighted by Gasteiger charge is -2.21. The van der Waals surface area contributed by atoms with E-state index in [1.165, 1.54) is 12.1 Å². The first kappa shape index (κ1) is 15.2. The van der Waals surface area contributed by atoms with E-state index in [9.17, 15) is 4.39 Å². The molecule has 2 rings (SSSR count). The number of nitrogens with one attached hydrogen (secondary N) is 1. The molecule has 0 spiro atoms. The van der Waals surface area contributed by atoms with Crippen LogP contribution in [0, 0.1) is 5.82 Å². The maximum Gasteiger partial charge on any atom is 0.124 e. The smallest absolute Gasteiger partial charge is 0.124 e. The van der Waals surface area contributed by atoms with Crippen LogP contribution in [-0.4, -0.2) is 16.3 Å². The van der Waals surface area contributed by atoms with Crippen LogP contribution in [0.3, 0.4) is 0 Å². The standard InChI is InChI=1S/C15H19BrFN3/c1-3-8-18-15(14-7-9-19-20(14)4-2)12-6-5-11(17)10-13(12)16/h5-7,9-10,15,18H,3-4,8H2,1-2H3. The molecule has 1 aromatic heterocycles. The van der Waals surface area contributed by atoms with Crippen molar-refractivity contribution in [3.63, 3.8) is 0 Å². The molecule has 0 saturated carbocycles. The van der Waals surface area contributed by atoms with Gasteiger partial charge in [-0.1, -0.05) is 28.9 Å². The van der Waals surface area contributed by atoms with Crippen LogP contribution in [-0.2, 0) is 6.54 Å². The number of aryl methyl sites for hydroxylation is 1. The van der Waals surface area contributed by atoms with E-state index in [1.807, 2.05) is 16.8 Å². The minimum Gasteiger partial charge on any atom is -0.305 e. The van der Waals surface area contributed by atoms with Crippen LogP contribution in [0.4, 0.5) is 4.39 Å². The minimum absolute atomic E-state index is 0.00683. The Morgan fingerprint density at radius 3 is 2.80 bits per heavy atom. The Balaban J connectivity index is 2.41. The molecule has 1 atom stereocenters. The van der Waals surface area contributed by atoms with Gasteiger partial charge in [-0.15, -0.1) is 0 Å². The van der Waals surface area contributed by atoms with Crippen molar-refractivity contribution in [1.82, 2.24) is 15.1 Å². The fourth-order valence-corrected chi connectivity index (χ4v) is 2.83. The fraction of sp³-hybridized carbons (Fsp3) is 0.400. The number of nitrogens with zero attached hydrogens (tertiary/aromatic N) is 2. The topological polar surface area (TPSA) is 29.9 Å². The molecule has 0 aliphatic carbocycles. The molecule has 0 radical (unpaired) electrons. The highest BCUT2D eigenvalue weighted by Crippen LogP contribution is 2.29. The van der Waals surface area contributed by atoms with Crippen molar-refractivity contribution in [1.29, 1.82) is 0 Å². The maximum atomic E-state index is 13.3. The third kappa shape index (κ3) is 3.27. The van der Waals surface area contributed by atoms with E-state index in [0.29, 0.717) is 0 Å². The van der Waals surface area contributed by atoms with Crippen LogP contribution >= 0.6 is 15.9 Å². The Morgan fingerprint density at radius 1 is 1.35 bits per heavy atom. The number of benzene rings is 1. The van der Waals surface area contributed by atoms with E-state index in [4.69, 9.17) is 0 Å². The van der Waals surface area contributed by atoms with Crippen molar-refractivity contribution >= 4 is 15.9 Å². The molecule has 2 aromatic rings. The molecule has 3 nitrogen and oxygen atoms in total. The van der Waals surface area contributed by atoms with Gasteiger partial charge in [0, 0.05) is 17.2 Å². The van der Waals surface area contributed by atoms with Gasteiger partial charge in [0.15, 0.2) is 0 Å². The first-order chi connectivity index (χ1) is 9.67. The highest BCUT2D eigenvalue weighted by molar-refractivity contribution is 9.10. The highest BCUT2D eigenvalue weighted by atomic mass is 79.9. The van der Waals surface area contributed by atoms with Crippen LogP contribution in [0.25, 0.3) is 0 Å². The zero-order chi connectivity index (χ0) is 14.5. The quantitative estimate of drug-likeness (QED) is 0.865. The van der Waals surface area contributed by atoms with E-state index in [1.54, 1.807) is 6.20 Å². The van der Waals surface area contributed by atoms with Gasteiger partial charge in [0.1, 0.15) is 5.82 Å². The van der Waals surface area contributed by atoms with Gasteiger partial charge in [-0.05, 0) is 43.7 Å². The average molecular weight is 340 g/mol. The summed E-state index contributed by atoms with van der Waals surface area (Å²) in [6.45, 7) is 5.89. The van der Waals surface area contributed by atoms with Crippen LogP contribution in [0.5, 0.6) is 0 Å². The Kier molecular flexibility index (Phi) is 5.31. The minimum atomic E-state index is -0.237. The van der Waals surface area contributed by atoms with Crippen LogP contribution in [0.2, 0.25) is 0 Å². The summed E-state index contributed by atoms with van der Waals surface area (Å²) >= 11 is 3.46. The number of hydrogen-bond acceptors (Lipinski definition) is 2. The van der Waals surface area contributed by atoms with Crippen LogP contribution in [0.15, 0.2) is 34.9 Å². The normalized spacial score (nSPS) is 12.6. The number of hydrogen-bond donors (Lipinski definition) is 1. The van der Waals surface area contributed by atoms with Crippen molar-refractivity contribution in [2.45, 2.75) is 32.9 Å². The first-order valence-corrected chi connectivity index (χ1v) is 7.66. The molecule has 1 heterocycles. The molecular formula is C15H19BrFN3. The lowest BCUT2D eigenvalue weighted by molar-refractivity contribution is 0.527. The zero-order valence-corrected chi connectivity index (χ0v) is 13.3. The largest absolute Gasteiger partial charge is 0.305 e. The van der Waals surface area contributed by atoms with Crippen molar-refractivity contribution in [3.8, 4) is 0 Å². The van der Waals surface area contributed by atoms with E-state index in [2.05, 4.69) is 40.2 Å². The highest BCUT2D eigenvalue weighted by Gasteiger charge is 2.19. The summed E-state index contributed by atoms with van der Waals surface area (Å²) in [6.07, 6.45) is 2.84. The Morgan fingerprint density at radius 2 is 2.15 bits per heavy atom.